The number of hydrogen-bond acceptors (Lipinski definition) is 2. The van der Waals surface area contributed by atoms with Gasteiger partial charge in [-0.2, -0.15) is 0 Å². The van der Waals surface area contributed by atoms with Crippen molar-refractivity contribution in [1.82, 2.24) is 4.98 Å². The van der Waals surface area contributed by atoms with Crippen molar-refractivity contribution in [3.63, 3.8) is 0 Å². The average molecular weight is 211 g/mol. The molecule has 3 N–H and O–H groups in total. The van der Waals surface area contributed by atoms with E-state index in [0.29, 0.717) is 17.3 Å². The van der Waals surface area contributed by atoms with Crippen LogP contribution in [0.1, 0.15) is 5.69 Å². The molecule has 1 aromatic carbocycles. The molecule has 3 nitrogen and oxygen atoms in total. The summed E-state index contributed by atoms with van der Waals surface area (Å²) in [5.74, 6) is 0.682. The molecule has 2 aromatic rings. The van der Waals surface area contributed by atoms with Gasteiger partial charge in [0.1, 0.15) is 5.75 Å². The van der Waals surface area contributed by atoms with Gasteiger partial charge in [0.05, 0.1) is 12.1 Å². The third kappa shape index (κ3) is 1.45. The zero-order valence-electron chi connectivity index (χ0n) is 7.80. The van der Waals surface area contributed by atoms with Crippen LogP contribution in [0.5, 0.6) is 5.75 Å². The van der Waals surface area contributed by atoms with Crippen molar-refractivity contribution in [1.29, 1.82) is 0 Å². The van der Waals surface area contributed by atoms with Gasteiger partial charge in [-0.1, -0.05) is 11.6 Å². The third-order valence-corrected chi connectivity index (χ3v) is 2.46. The lowest BCUT2D eigenvalue weighted by Gasteiger charge is -2.01. The van der Waals surface area contributed by atoms with E-state index >= 15 is 0 Å². The number of halogens is 1. The first-order valence-electron chi connectivity index (χ1n) is 4.30. The minimum Gasteiger partial charge on any atom is -0.495 e. The second-order valence-corrected chi connectivity index (χ2v) is 3.48. The van der Waals surface area contributed by atoms with Crippen molar-refractivity contribution in [3.05, 3.63) is 28.9 Å². The van der Waals surface area contributed by atoms with Gasteiger partial charge in [-0.15, -0.1) is 0 Å². The first-order valence-corrected chi connectivity index (χ1v) is 4.67. The van der Waals surface area contributed by atoms with E-state index in [1.807, 2.05) is 18.2 Å². The molecule has 2 rings (SSSR count). The number of nitrogens with two attached hydrogens (primary N) is 1. The molecule has 4 heteroatoms. The van der Waals surface area contributed by atoms with Crippen molar-refractivity contribution < 1.29 is 4.74 Å². The quantitative estimate of drug-likeness (QED) is 0.799. The van der Waals surface area contributed by atoms with Gasteiger partial charge in [0, 0.05) is 23.1 Å². The van der Waals surface area contributed by atoms with Gasteiger partial charge < -0.3 is 15.5 Å². The molecule has 0 amide bonds. The summed E-state index contributed by atoms with van der Waals surface area (Å²) < 4.78 is 5.12. The van der Waals surface area contributed by atoms with Crippen molar-refractivity contribution in [2.45, 2.75) is 6.54 Å². The number of ether oxygens (including phenoxy) is 1. The molecule has 0 aliphatic carbocycles. The highest BCUT2D eigenvalue weighted by atomic mass is 35.5. The number of methoxy groups -OCH3 is 1. The number of H-pyrrole nitrogens is 1. The fourth-order valence-electron chi connectivity index (χ4n) is 1.46. The summed E-state index contributed by atoms with van der Waals surface area (Å²) in [4.78, 5) is 3.17. The van der Waals surface area contributed by atoms with Gasteiger partial charge in [-0.25, -0.2) is 0 Å². The monoisotopic (exact) mass is 210 g/mol. The second kappa shape index (κ2) is 3.52. The van der Waals surface area contributed by atoms with Crippen molar-refractivity contribution in [3.8, 4) is 5.75 Å². The largest absolute Gasteiger partial charge is 0.495 e. The number of aromatic amines is 1. The fraction of sp³-hybridized carbons (Fsp3) is 0.200. The highest BCUT2D eigenvalue weighted by molar-refractivity contribution is 6.32. The molecule has 14 heavy (non-hydrogen) atoms. The SMILES string of the molecule is COc1cc2cc(CN)[nH]c2cc1Cl. The lowest BCUT2D eigenvalue weighted by molar-refractivity contribution is 0.415. The molecule has 1 heterocycles. The summed E-state index contributed by atoms with van der Waals surface area (Å²) in [5, 5.41) is 1.66. The van der Waals surface area contributed by atoms with E-state index in [9.17, 15) is 0 Å². The molecule has 0 atom stereocenters. The van der Waals surface area contributed by atoms with Gasteiger partial charge in [-0.3, -0.25) is 0 Å². The predicted octanol–water partition coefficient (Wildman–Crippen LogP) is 2.29. The first-order chi connectivity index (χ1) is 6.74. The number of rotatable bonds is 2. The molecule has 0 bridgehead atoms. The normalized spacial score (nSPS) is 10.8. The molecule has 0 saturated heterocycles. The molecule has 0 fully saturated rings. The van der Waals surface area contributed by atoms with Gasteiger partial charge in [0.25, 0.3) is 0 Å². The number of aromatic nitrogens is 1. The average Bonchev–Trinajstić information content (AvgIpc) is 2.58. The molecule has 1 aromatic heterocycles. The van der Waals surface area contributed by atoms with Gasteiger partial charge in [0.2, 0.25) is 0 Å². The van der Waals surface area contributed by atoms with E-state index in [0.717, 1.165) is 16.6 Å². The maximum Gasteiger partial charge on any atom is 0.138 e. The summed E-state index contributed by atoms with van der Waals surface area (Å²) in [6.45, 7) is 0.495. The van der Waals surface area contributed by atoms with Crippen LogP contribution in [0.2, 0.25) is 5.02 Å². The van der Waals surface area contributed by atoms with Crippen molar-refractivity contribution >= 4 is 22.5 Å². The van der Waals surface area contributed by atoms with E-state index in [2.05, 4.69) is 4.98 Å². The summed E-state index contributed by atoms with van der Waals surface area (Å²) in [5.41, 5.74) is 7.50. The molecule has 0 aliphatic rings. The Hall–Kier alpha value is -1.19. The summed E-state index contributed by atoms with van der Waals surface area (Å²) in [6.07, 6.45) is 0. The number of nitrogens with one attached hydrogen (secondary N) is 1. The van der Waals surface area contributed by atoms with Gasteiger partial charge in [0.15, 0.2) is 0 Å². The Labute approximate surface area is 86.8 Å². The van der Waals surface area contributed by atoms with Gasteiger partial charge in [-0.05, 0) is 18.2 Å². The topological polar surface area (TPSA) is 51.0 Å². The Morgan fingerprint density at radius 2 is 2.21 bits per heavy atom. The highest BCUT2D eigenvalue weighted by Gasteiger charge is 2.05. The summed E-state index contributed by atoms with van der Waals surface area (Å²) >= 11 is 5.98. The first kappa shape index (κ1) is 9.37. The Bertz CT molecular complexity index is 464. The second-order valence-electron chi connectivity index (χ2n) is 3.07. The molecule has 0 saturated carbocycles. The molecule has 0 radical (unpaired) electrons. The summed E-state index contributed by atoms with van der Waals surface area (Å²) in [7, 11) is 1.60. The Morgan fingerprint density at radius 1 is 1.43 bits per heavy atom. The Balaban J connectivity index is 2.64. The van der Waals surface area contributed by atoms with E-state index in [4.69, 9.17) is 22.1 Å². The molecular weight excluding hydrogens is 200 g/mol. The van der Waals surface area contributed by atoms with Crippen LogP contribution in [0.25, 0.3) is 10.9 Å². The maximum absolute atomic E-state index is 5.98. The van der Waals surface area contributed by atoms with Crippen molar-refractivity contribution in [2.24, 2.45) is 5.73 Å². The van der Waals surface area contributed by atoms with E-state index < -0.39 is 0 Å². The molecule has 74 valence electrons. The number of hydrogen-bond donors (Lipinski definition) is 2. The molecule has 0 spiro atoms. The Morgan fingerprint density at radius 3 is 2.86 bits per heavy atom. The van der Waals surface area contributed by atoms with E-state index in [-0.39, 0.29) is 0 Å². The fourth-order valence-corrected chi connectivity index (χ4v) is 1.70. The molecule has 0 unspecified atom stereocenters. The van der Waals surface area contributed by atoms with Crippen LogP contribution < -0.4 is 10.5 Å². The third-order valence-electron chi connectivity index (χ3n) is 2.17. The van der Waals surface area contributed by atoms with E-state index in [1.54, 1.807) is 7.11 Å². The number of fused-ring (bicyclic) bond motifs is 1. The zero-order valence-corrected chi connectivity index (χ0v) is 8.56. The summed E-state index contributed by atoms with van der Waals surface area (Å²) in [6, 6.07) is 5.73. The van der Waals surface area contributed by atoms with E-state index in [1.165, 1.54) is 0 Å². The van der Waals surface area contributed by atoms with Gasteiger partial charge >= 0.3 is 0 Å². The predicted molar refractivity (Wildman–Crippen MR) is 57.8 cm³/mol. The molecular formula is C10H11ClN2O. The number of benzene rings is 1. The van der Waals surface area contributed by atoms with Crippen LogP contribution >= 0.6 is 11.6 Å². The Kier molecular flexibility index (Phi) is 2.35. The minimum absolute atomic E-state index is 0.495. The van der Waals surface area contributed by atoms with Crippen molar-refractivity contribution in [2.75, 3.05) is 7.11 Å². The van der Waals surface area contributed by atoms with Crippen LogP contribution in [0.3, 0.4) is 0 Å². The zero-order chi connectivity index (χ0) is 10.1. The smallest absolute Gasteiger partial charge is 0.138 e. The lowest BCUT2D eigenvalue weighted by atomic mass is 10.2. The van der Waals surface area contributed by atoms with Crippen LogP contribution in [-0.4, -0.2) is 12.1 Å². The van der Waals surface area contributed by atoms with Crippen LogP contribution in [0.4, 0.5) is 0 Å². The minimum atomic E-state index is 0.495. The molecule has 0 aliphatic heterocycles. The highest BCUT2D eigenvalue weighted by Crippen LogP contribution is 2.29. The standard InChI is InChI=1S/C10H11ClN2O/c1-14-10-3-6-2-7(5-12)13-9(6)4-8(10)11/h2-4,13H,5,12H2,1H3. The van der Waals surface area contributed by atoms with Crippen LogP contribution in [0, 0.1) is 0 Å². The van der Waals surface area contributed by atoms with Crippen LogP contribution in [-0.2, 0) is 6.54 Å². The van der Waals surface area contributed by atoms with Crippen LogP contribution in [0.15, 0.2) is 18.2 Å². The lowest BCUT2D eigenvalue weighted by Crippen LogP contribution is -1.94. The maximum atomic E-state index is 5.98.